The molecule has 1 atom stereocenters. The van der Waals surface area contributed by atoms with Crippen LogP contribution in [0, 0.1) is 0 Å². The number of allylic oxidation sites excluding steroid dienone is 6. The number of unbranched alkanes of at least 4 members (excludes halogenated alkanes) is 43. The molecule has 0 bridgehead atoms. The van der Waals surface area contributed by atoms with E-state index in [1.54, 1.807) is 0 Å². The Balaban J connectivity index is 4.28. The molecule has 0 aromatic heterocycles. The molecule has 1 unspecified atom stereocenters. The third kappa shape index (κ3) is 60.4. The lowest BCUT2D eigenvalue weighted by molar-refractivity contribution is -0.167. The topological polar surface area (TPSA) is 78.9 Å². The molecule has 0 fully saturated rings. The van der Waals surface area contributed by atoms with E-state index in [2.05, 4.69) is 57.2 Å². The SMILES string of the molecule is CCCCCCC/C=C\C/C=C\C/C=C\CCCCCCCCC(=O)OC(COC(=O)CCCCCCCCCCCCCC)COC(=O)CCCCCCCCCCCCCCCCCCCCCCCC. The van der Waals surface area contributed by atoms with Gasteiger partial charge in [-0.3, -0.25) is 14.4 Å². The van der Waals surface area contributed by atoms with Crippen molar-refractivity contribution in [2.75, 3.05) is 13.2 Å². The molecule has 0 aliphatic carbocycles. The quantitative estimate of drug-likeness (QED) is 0.0261. The lowest BCUT2D eigenvalue weighted by Gasteiger charge is -2.18. The summed E-state index contributed by atoms with van der Waals surface area (Å²) in [6.07, 6.45) is 75.8. The maximum absolute atomic E-state index is 12.9. The molecule has 428 valence electrons. The second kappa shape index (κ2) is 62.2. The summed E-state index contributed by atoms with van der Waals surface area (Å²) in [5.74, 6) is -0.861. The normalized spacial score (nSPS) is 12.2. The van der Waals surface area contributed by atoms with Crippen LogP contribution in [-0.4, -0.2) is 37.2 Å². The van der Waals surface area contributed by atoms with Gasteiger partial charge < -0.3 is 14.2 Å². The first-order chi connectivity index (χ1) is 36.0. The molecule has 6 nitrogen and oxygen atoms in total. The molecule has 0 aliphatic heterocycles. The first kappa shape index (κ1) is 70.6. The Kier molecular flexibility index (Phi) is 60.2. The molecule has 73 heavy (non-hydrogen) atoms. The molecule has 0 aromatic carbocycles. The first-order valence-corrected chi connectivity index (χ1v) is 32.5. The summed E-state index contributed by atoms with van der Waals surface area (Å²) in [6, 6.07) is 0. The molecule has 0 saturated heterocycles. The zero-order valence-electron chi connectivity index (χ0n) is 49.2. The Morgan fingerprint density at radius 3 is 0.767 bits per heavy atom. The number of esters is 3. The zero-order chi connectivity index (χ0) is 52.9. The van der Waals surface area contributed by atoms with Gasteiger partial charge in [0, 0.05) is 19.3 Å². The number of ether oxygens (including phenoxy) is 3. The van der Waals surface area contributed by atoms with Crippen molar-refractivity contribution in [3.05, 3.63) is 36.5 Å². The Labute approximate surface area is 455 Å². The Morgan fingerprint density at radius 2 is 0.493 bits per heavy atom. The second-order valence-electron chi connectivity index (χ2n) is 22.0. The Morgan fingerprint density at radius 1 is 0.274 bits per heavy atom. The highest BCUT2D eigenvalue weighted by atomic mass is 16.6. The van der Waals surface area contributed by atoms with E-state index in [1.807, 2.05) is 0 Å². The van der Waals surface area contributed by atoms with E-state index >= 15 is 0 Å². The molecule has 0 aromatic rings. The fourth-order valence-corrected chi connectivity index (χ4v) is 9.75. The van der Waals surface area contributed by atoms with Crippen molar-refractivity contribution in [2.24, 2.45) is 0 Å². The van der Waals surface area contributed by atoms with Crippen molar-refractivity contribution < 1.29 is 28.6 Å². The Hall–Kier alpha value is -2.37. The number of carbonyl (C=O) groups excluding carboxylic acids is 3. The van der Waals surface area contributed by atoms with Crippen LogP contribution in [0.15, 0.2) is 36.5 Å². The van der Waals surface area contributed by atoms with E-state index in [-0.39, 0.29) is 31.1 Å². The first-order valence-electron chi connectivity index (χ1n) is 32.5. The van der Waals surface area contributed by atoms with E-state index in [1.165, 1.54) is 238 Å². The van der Waals surface area contributed by atoms with E-state index in [9.17, 15) is 14.4 Å². The van der Waals surface area contributed by atoms with Crippen molar-refractivity contribution in [2.45, 2.75) is 361 Å². The van der Waals surface area contributed by atoms with Gasteiger partial charge in [-0.25, -0.2) is 0 Å². The number of carbonyl (C=O) groups is 3. The molecular weight excluding hydrogens is 901 g/mol. The van der Waals surface area contributed by atoms with Crippen molar-refractivity contribution in [3.8, 4) is 0 Å². The van der Waals surface area contributed by atoms with Crippen LogP contribution in [0.4, 0.5) is 0 Å². The summed E-state index contributed by atoms with van der Waals surface area (Å²) in [6.45, 7) is 6.68. The van der Waals surface area contributed by atoms with Gasteiger partial charge in [-0.05, 0) is 57.8 Å². The van der Waals surface area contributed by atoms with Gasteiger partial charge in [-0.1, -0.05) is 314 Å². The van der Waals surface area contributed by atoms with Crippen molar-refractivity contribution in [3.63, 3.8) is 0 Å². The molecule has 0 rings (SSSR count). The predicted octanol–water partition coefficient (Wildman–Crippen LogP) is 22.0. The maximum Gasteiger partial charge on any atom is 0.306 e. The smallest absolute Gasteiger partial charge is 0.306 e. The molecule has 0 spiro atoms. The van der Waals surface area contributed by atoms with Gasteiger partial charge >= 0.3 is 17.9 Å². The molecule has 0 heterocycles. The van der Waals surface area contributed by atoms with Gasteiger partial charge in [-0.15, -0.1) is 0 Å². The van der Waals surface area contributed by atoms with E-state index in [0.29, 0.717) is 19.3 Å². The van der Waals surface area contributed by atoms with E-state index in [4.69, 9.17) is 14.2 Å². The molecule has 0 N–H and O–H groups in total. The largest absolute Gasteiger partial charge is 0.462 e. The Bertz CT molecular complexity index is 1220. The van der Waals surface area contributed by atoms with Crippen molar-refractivity contribution in [1.82, 2.24) is 0 Å². The predicted molar refractivity (Wildman–Crippen MR) is 316 cm³/mol. The van der Waals surface area contributed by atoms with Crippen LogP contribution < -0.4 is 0 Å². The minimum Gasteiger partial charge on any atom is -0.462 e. The highest BCUT2D eigenvalue weighted by Crippen LogP contribution is 2.18. The zero-order valence-corrected chi connectivity index (χ0v) is 49.2. The van der Waals surface area contributed by atoms with Crippen LogP contribution in [0.5, 0.6) is 0 Å². The fraction of sp³-hybridized carbons (Fsp3) is 0.866. The van der Waals surface area contributed by atoms with Crippen molar-refractivity contribution in [1.29, 1.82) is 0 Å². The highest BCUT2D eigenvalue weighted by molar-refractivity contribution is 5.71. The van der Waals surface area contributed by atoms with Crippen molar-refractivity contribution >= 4 is 17.9 Å². The molecule has 0 radical (unpaired) electrons. The monoisotopic (exact) mass is 1020 g/mol. The summed E-state index contributed by atoms with van der Waals surface area (Å²) < 4.78 is 16.9. The van der Waals surface area contributed by atoms with Gasteiger partial charge in [0.15, 0.2) is 6.10 Å². The number of hydrogen-bond donors (Lipinski definition) is 0. The van der Waals surface area contributed by atoms with Gasteiger partial charge in [0.1, 0.15) is 13.2 Å². The van der Waals surface area contributed by atoms with Crippen LogP contribution in [0.2, 0.25) is 0 Å². The van der Waals surface area contributed by atoms with Gasteiger partial charge in [0.2, 0.25) is 0 Å². The van der Waals surface area contributed by atoms with Crippen LogP contribution in [0.1, 0.15) is 355 Å². The maximum atomic E-state index is 12.9. The molecule has 0 aliphatic rings. The molecule has 6 heteroatoms. The lowest BCUT2D eigenvalue weighted by Crippen LogP contribution is -2.30. The summed E-state index contributed by atoms with van der Waals surface area (Å²) in [5.41, 5.74) is 0. The summed E-state index contributed by atoms with van der Waals surface area (Å²) in [7, 11) is 0. The summed E-state index contributed by atoms with van der Waals surface area (Å²) in [4.78, 5) is 38.3. The average molecular weight is 1030 g/mol. The van der Waals surface area contributed by atoms with Crippen LogP contribution in [-0.2, 0) is 28.6 Å². The lowest BCUT2D eigenvalue weighted by atomic mass is 10.0. The average Bonchev–Trinajstić information content (AvgIpc) is 3.39. The summed E-state index contributed by atoms with van der Waals surface area (Å²) in [5, 5.41) is 0. The van der Waals surface area contributed by atoms with Crippen LogP contribution >= 0.6 is 0 Å². The molecule has 0 saturated carbocycles. The van der Waals surface area contributed by atoms with Gasteiger partial charge in [-0.2, -0.15) is 0 Å². The highest BCUT2D eigenvalue weighted by Gasteiger charge is 2.19. The minimum absolute atomic E-state index is 0.0723. The van der Waals surface area contributed by atoms with Gasteiger partial charge in [0.05, 0.1) is 0 Å². The van der Waals surface area contributed by atoms with Gasteiger partial charge in [0.25, 0.3) is 0 Å². The number of rotatable bonds is 60. The van der Waals surface area contributed by atoms with Crippen LogP contribution in [0.25, 0.3) is 0 Å². The van der Waals surface area contributed by atoms with E-state index in [0.717, 1.165) is 77.0 Å². The standard InChI is InChI=1S/C67H124O6/c1-4-7-10-13-16-19-22-25-27-29-31-33-35-36-38-40-42-45-48-51-54-57-60-66(69)72-63-64(62-71-65(68)59-56-53-50-47-44-24-21-18-15-12-9-6-3)73-67(70)61-58-55-52-49-46-43-41-39-37-34-32-30-28-26-23-20-17-14-11-8-5-2/h23,26,30,32,37,39,64H,4-22,24-25,27-29,31,33-36,38,40-63H2,1-3H3/b26-23-,32-30-,39-37-. The number of hydrogen-bond acceptors (Lipinski definition) is 6. The van der Waals surface area contributed by atoms with Crippen LogP contribution in [0.3, 0.4) is 0 Å². The summed E-state index contributed by atoms with van der Waals surface area (Å²) >= 11 is 0. The third-order valence-corrected chi connectivity index (χ3v) is 14.6. The minimum atomic E-state index is -0.776. The fourth-order valence-electron chi connectivity index (χ4n) is 9.75. The molecule has 0 amide bonds. The molecular formula is C67H124O6. The third-order valence-electron chi connectivity index (χ3n) is 14.6. The second-order valence-corrected chi connectivity index (χ2v) is 22.0. The van der Waals surface area contributed by atoms with E-state index < -0.39 is 6.10 Å².